The molecular weight excluding hydrogens is 358 g/mol. The number of hydrogen-bond donors (Lipinski definition) is 1. The number of nitrogens with zero attached hydrogens (tertiary/aromatic N) is 4. The zero-order valence-corrected chi connectivity index (χ0v) is 15.6. The van der Waals surface area contributed by atoms with Crippen LogP contribution in [0.1, 0.15) is 22.9 Å². The van der Waals surface area contributed by atoms with Gasteiger partial charge < -0.3 is 5.73 Å². The Kier molecular flexibility index (Phi) is 4.05. The molecular formula is C16H17N5O2S2. The van der Waals surface area contributed by atoms with Crippen LogP contribution in [0, 0.1) is 18.3 Å². The third kappa shape index (κ3) is 2.99. The molecule has 25 heavy (non-hydrogen) atoms. The maximum absolute atomic E-state index is 12.4. The highest BCUT2D eigenvalue weighted by Crippen LogP contribution is 2.41. The number of nitriles is 1. The Labute approximate surface area is 150 Å². The van der Waals surface area contributed by atoms with Crippen LogP contribution < -0.4 is 5.73 Å². The van der Waals surface area contributed by atoms with E-state index >= 15 is 0 Å². The third-order valence-corrected chi connectivity index (χ3v) is 7.61. The minimum atomic E-state index is -3.52. The van der Waals surface area contributed by atoms with E-state index in [0.717, 1.165) is 25.2 Å². The van der Waals surface area contributed by atoms with Crippen molar-refractivity contribution in [2.24, 2.45) is 10.7 Å². The topological polar surface area (TPSA) is 112 Å². The zero-order valence-electron chi connectivity index (χ0n) is 14.0. The van der Waals surface area contributed by atoms with Gasteiger partial charge in [-0.25, -0.2) is 17.7 Å². The molecule has 0 aromatic carbocycles. The Morgan fingerprint density at radius 3 is 2.76 bits per heavy atom. The number of nitrogens with two attached hydrogens (primary N) is 1. The first kappa shape index (κ1) is 17.4. The largest absolute Gasteiger partial charge is 0.369 e. The highest BCUT2D eigenvalue weighted by atomic mass is 32.2. The van der Waals surface area contributed by atoms with Crippen LogP contribution in [0.25, 0.3) is 10.4 Å². The zero-order chi connectivity index (χ0) is 18.4. The summed E-state index contributed by atoms with van der Waals surface area (Å²) >= 11 is 1.45. The van der Waals surface area contributed by atoms with E-state index in [2.05, 4.69) is 16.0 Å². The first-order valence-electron chi connectivity index (χ1n) is 7.45. The highest BCUT2D eigenvalue weighted by Gasteiger charge is 2.42. The van der Waals surface area contributed by atoms with Gasteiger partial charge in [0.05, 0.1) is 11.3 Å². The Bertz CT molecular complexity index is 1020. The van der Waals surface area contributed by atoms with Crippen LogP contribution in [0.3, 0.4) is 0 Å². The van der Waals surface area contributed by atoms with Gasteiger partial charge >= 0.3 is 0 Å². The van der Waals surface area contributed by atoms with E-state index in [-0.39, 0.29) is 11.7 Å². The molecule has 0 bridgehead atoms. The Balaban J connectivity index is 2.11. The third-order valence-electron chi connectivity index (χ3n) is 4.12. The van der Waals surface area contributed by atoms with E-state index < -0.39 is 15.6 Å². The molecule has 9 heteroatoms. The summed E-state index contributed by atoms with van der Waals surface area (Å²) in [7, 11) is -2.12. The fourth-order valence-corrected chi connectivity index (χ4v) is 5.63. The van der Waals surface area contributed by atoms with Gasteiger partial charge in [0.25, 0.3) is 0 Å². The van der Waals surface area contributed by atoms with Crippen LogP contribution in [0.4, 0.5) is 0 Å². The summed E-state index contributed by atoms with van der Waals surface area (Å²) < 4.78 is 25.8. The Morgan fingerprint density at radius 2 is 2.12 bits per heavy atom. The molecule has 7 nitrogen and oxygen atoms in total. The van der Waals surface area contributed by atoms with Gasteiger partial charge in [-0.2, -0.15) is 5.26 Å². The number of hydrogen-bond acceptors (Lipinski definition) is 7. The molecule has 0 radical (unpaired) electrons. The fraction of sp³-hybridized carbons (Fsp3) is 0.312. The fourth-order valence-electron chi connectivity index (χ4n) is 2.86. The lowest BCUT2D eigenvalue weighted by Gasteiger charge is -2.34. The predicted octanol–water partition coefficient (Wildman–Crippen LogP) is 1.80. The molecule has 1 aliphatic rings. The molecule has 130 valence electrons. The molecule has 3 rings (SSSR count). The van der Waals surface area contributed by atoms with Gasteiger partial charge in [0.1, 0.15) is 11.6 Å². The smallest absolute Gasteiger partial charge is 0.239 e. The lowest BCUT2D eigenvalue weighted by molar-refractivity contribution is 0.481. The number of thiophene rings is 1. The summed E-state index contributed by atoms with van der Waals surface area (Å²) in [6.07, 6.45) is 3.18. The van der Waals surface area contributed by atoms with E-state index in [1.165, 1.54) is 24.6 Å². The number of rotatable bonds is 2. The first-order valence-corrected chi connectivity index (χ1v) is 9.87. The monoisotopic (exact) mass is 375 g/mol. The Morgan fingerprint density at radius 1 is 1.40 bits per heavy atom. The summed E-state index contributed by atoms with van der Waals surface area (Å²) in [4.78, 5) is 10.3. The first-order chi connectivity index (χ1) is 11.7. The van der Waals surface area contributed by atoms with Gasteiger partial charge in [-0.05, 0) is 31.5 Å². The second kappa shape index (κ2) is 5.82. The number of aliphatic imine (C=N–C) groups is 1. The lowest BCUT2D eigenvalue weighted by Crippen LogP contribution is -2.50. The number of sulfonamides is 1. The molecule has 0 fully saturated rings. The molecule has 2 N–H and O–H groups in total. The molecule has 0 spiro atoms. The molecule has 0 saturated heterocycles. The van der Waals surface area contributed by atoms with E-state index in [9.17, 15) is 8.42 Å². The molecule has 2 aromatic rings. The van der Waals surface area contributed by atoms with Crippen molar-refractivity contribution in [3.8, 4) is 16.5 Å². The molecule has 0 aliphatic carbocycles. The normalized spacial score (nSPS) is 22.3. The standard InChI is InChI=1S/C16H17N5O2S2/c1-10-4-13(12-5-11(6-17)7-19-8-12)24-14(10)16(2)9-25(22,23)21(3)15(18)20-16/h4-5,7-8H,9H2,1-3H3,(H2,18,20)/t16-/m0/s1. The van der Waals surface area contributed by atoms with E-state index in [4.69, 9.17) is 11.0 Å². The number of aryl methyl sites for hydroxylation is 1. The van der Waals surface area contributed by atoms with Crippen molar-refractivity contribution in [1.82, 2.24) is 9.29 Å². The average Bonchev–Trinajstić information content (AvgIpc) is 2.95. The lowest BCUT2D eigenvalue weighted by atomic mass is 10.00. The Hall–Kier alpha value is -2.44. The molecule has 1 aliphatic heterocycles. The minimum Gasteiger partial charge on any atom is -0.369 e. The summed E-state index contributed by atoms with van der Waals surface area (Å²) in [5.41, 5.74) is 7.11. The van der Waals surface area contributed by atoms with Gasteiger partial charge in [-0.1, -0.05) is 0 Å². The quantitative estimate of drug-likeness (QED) is 0.860. The number of pyridine rings is 1. The number of guanidine groups is 1. The van der Waals surface area contributed by atoms with Crippen LogP contribution in [0.15, 0.2) is 29.5 Å². The van der Waals surface area contributed by atoms with Crippen LogP contribution in [0.2, 0.25) is 0 Å². The van der Waals surface area contributed by atoms with Gasteiger partial charge in [0, 0.05) is 34.8 Å². The second-order valence-corrected chi connectivity index (χ2v) is 9.22. The summed E-state index contributed by atoms with van der Waals surface area (Å²) in [5, 5.41) is 9.04. The van der Waals surface area contributed by atoms with Crippen molar-refractivity contribution in [2.75, 3.05) is 12.8 Å². The van der Waals surface area contributed by atoms with E-state index in [1.807, 2.05) is 13.0 Å². The van der Waals surface area contributed by atoms with Crippen LogP contribution in [0.5, 0.6) is 0 Å². The van der Waals surface area contributed by atoms with Crippen LogP contribution >= 0.6 is 11.3 Å². The summed E-state index contributed by atoms with van der Waals surface area (Å²) in [6, 6.07) is 5.79. The maximum atomic E-state index is 12.4. The van der Waals surface area contributed by atoms with E-state index in [1.54, 1.807) is 19.2 Å². The summed E-state index contributed by atoms with van der Waals surface area (Å²) in [5.74, 6) is -0.162. The predicted molar refractivity (Wildman–Crippen MR) is 97.5 cm³/mol. The van der Waals surface area contributed by atoms with Crippen molar-refractivity contribution in [3.05, 3.63) is 40.5 Å². The van der Waals surface area contributed by atoms with Crippen molar-refractivity contribution < 1.29 is 8.42 Å². The number of aromatic nitrogens is 1. The second-order valence-electron chi connectivity index (χ2n) is 6.16. The van der Waals surface area contributed by atoms with Crippen LogP contribution in [-0.4, -0.2) is 36.5 Å². The van der Waals surface area contributed by atoms with Crippen molar-refractivity contribution >= 4 is 27.3 Å². The van der Waals surface area contributed by atoms with Crippen molar-refractivity contribution in [3.63, 3.8) is 0 Å². The molecule has 0 amide bonds. The van der Waals surface area contributed by atoms with Gasteiger partial charge in [0.2, 0.25) is 16.0 Å². The molecule has 2 aromatic heterocycles. The average molecular weight is 375 g/mol. The van der Waals surface area contributed by atoms with Gasteiger partial charge in [0.15, 0.2) is 0 Å². The minimum absolute atomic E-state index is 0.0174. The van der Waals surface area contributed by atoms with Gasteiger partial charge in [-0.3, -0.25) is 4.98 Å². The maximum Gasteiger partial charge on any atom is 0.239 e. The molecule has 3 heterocycles. The van der Waals surface area contributed by atoms with Crippen molar-refractivity contribution in [2.45, 2.75) is 19.4 Å². The van der Waals surface area contributed by atoms with Gasteiger partial charge in [-0.15, -0.1) is 11.3 Å². The molecule has 1 atom stereocenters. The van der Waals surface area contributed by atoms with Crippen LogP contribution in [-0.2, 0) is 15.6 Å². The SMILES string of the molecule is Cc1cc(-c2cncc(C#N)c2)sc1[C@]1(C)CS(=O)(=O)N(C)C(N)=N1. The summed E-state index contributed by atoms with van der Waals surface area (Å²) in [6.45, 7) is 3.69. The molecule has 0 saturated carbocycles. The van der Waals surface area contributed by atoms with Crippen molar-refractivity contribution in [1.29, 1.82) is 5.26 Å². The highest BCUT2D eigenvalue weighted by molar-refractivity contribution is 7.89. The molecule has 0 unspecified atom stereocenters. The van der Waals surface area contributed by atoms with E-state index in [0.29, 0.717) is 5.56 Å².